The van der Waals surface area contributed by atoms with Crippen LogP contribution in [0.4, 0.5) is 11.8 Å². The number of imidazole rings is 1. The second-order valence-corrected chi connectivity index (χ2v) is 5.16. The normalized spacial score (nSPS) is 10.9. The maximum absolute atomic E-state index is 6.03. The molecule has 0 aliphatic heterocycles. The Labute approximate surface area is 139 Å². The van der Waals surface area contributed by atoms with Crippen LogP contribution in [0.3, 0.4) is 0 Å². The van der Waals surface area contributed by atoms with Gasteiger partial charge < -0.3 is 20.5 Å². The van der Waals surface area contributed by atoms with Gasteiger partial charge in [-0.2, -0.15) is 9.97 Å². The SMILES string of the molecule is CNc1nc2c(N)nc(OCCOC)nc2n1Cc1ccccc1. The number of nitrogens with zero attached hydrogens (tertiary/aromatic N) is 4. The van der Waals surface area contributed by atoms with Crippen molar-refractivity contribution in [2.24, 2.45) is 0 Å². The number of hydrogen-bond acceptors (Lipinski definition) is 7. The number of hydrogen-bond donors (Lipinski definition) is 2. The van der Waals surface area contributed by atoms with E-state index in [0.29, 0.717) is 36.9 Å². The first-order valence-electron chi connectivity index (χ1n) is 7.60. The molecule has 0 amide bonds. The maximum Gasteiger partial charge on any atom is 0.320 e. The second-order valence-electron chi connectivity index (χ2n) is 5.16. The molecule has 3 rings (SSSR count). The van der Waals surface area contributed by atoms with Gasteiger partial charge in [-0.15, -0.1) is 0 Å². The van der Waals surface area contributed by atoms with E-state index in [1.165, 1.54) is 0 Å². The molecule has 2 aromatic heterocycles. The Balaban J connectivity index is 2.01. The Morgan fingerprint density at radius 2 is 1.92 bits per heavy atom. The van der Waals surface area contributed by atoms with Crippen LogP contribution in [0, 0.1) is 0 Å². The number of anilines is 2. The summed E-state index contributed by atoms with van der Waals surface area (Å²) in [6, 6.07) is 10.3. The molecule has 1 aromatic carbocycles. The van der Waals surface area contributed by atoms with E-state index in [-0.39, 0.29) is 11.8 Å². The minimum atomic E-state index is 0.217. The summed E-state index contributed by atoms with van der Waals surface area (Å²) in [5.74, 6) is 0.958. The van der Waals surface area contributed by atoms with Gasteiger partial charge in [-0.3, -0.25) is 4.57 Å². The van der Waals surface area contributed by atoms with Crippen molar-refractivity contribution in [2.45, 2.75) is 6.54 Å². The van der Waals surface area contributed by atoms with E-state index >= 15 is 0 Å². The van der Waals surface area contributed by atoms with Gasteiger partial charge >= 0.3 is 6.01 Å². The third-order valence-electron chi connectivity index (χ3n) is 3.53. The van der Waals surface area contributed by atoms with Gasteiger partial charge in [0.25, 0.3) is 0 Å². The van der Waals surface area contributed by atoms with Crippen molar-refractivity contribution in [1.82, 2.24) is 19.5 Å². The maximum atomic E-state index is 6.03. The first kappa shape index (κ1) is 16.0. The summed E-state index contributed by atoms with van der Waals surface area (Å²) in [4.78, 5) is 13.1. The van der Waals surface area contributed by atoms with Gasteiger partial charge in [0.15, 0.2) is 17.0 Å². The van der Waals surface area contributed by atoms with Crippen molar-refractivity contribution < 1.29 is 9.47 Å². The van der Waals surface area contributed by atoms with E-state index in [2.05, 4.69) is 20.3 Å². The highest BCUT2D eigenvalue weighted by Crippen LogP contribution is 2.25. The predicted molar refractivity (Wildman–Crippen MR) is 92.2 cm³/mol. The summed E-state index contributed by atoms with van der Waals surface area (Å²) < 4.78 is 12.4. The van der Waals surface area contributed by atoms with Gasteiger partial charge in [0.1, 0.15) is 6.61 Å². The Bertz CT molecular complexity index is 818. The molecule has 0 bridgehead atoms. The molecule has 8 nitrogen and oxygen atoms in total. The fraction of sp³-hybridized carbons (Fsp3) is 0.312. The quantitative estimate of drug-likeness (QED) is 0.634. The number of rotatable bonds is 7. The molecule has 8 heteroatoms. The molecule has 0 saturated heterocycles. The highest BCUT2D eigenvalue weighted by atomic mass is 16.5. The van der Waals surface area contributed by atoms with Gasteiger partial charge in [-0.25, -0.2) is 4.98 Å². The van der Waals surface area contributed by atoms with Crippen LogP contribution in [0.25, 0.3) is 11.2 Å². The van der Waals surface area contributed by atoms with Crippen LogP contribution >= 0.6 is 0 Å². The number of nitrogens with two attached hydrogens (primary N) is 1. The molecule has 0 aliphatic carbocycles. The lowest BCUT2D eigenvalue weighted by molar-refractivity contribution is 0.141. The first-order valence-corrected chi connectivity index (χ1v) is 7.60. The lowest BCUT2D eigenvalue weighted by atomic mass is 10.2. The molecule has 0 unspecified atom stereocenters. The van der Waals surface area contributed by atoms with E-state index in [4.69, 9.17) is 15.2 Å². The molecule has 0 atom stereocenters. The summed E-state index contributed by atoms with van der Waals surface area (Å²) >= 11 is 0. The van der Waals surface area contributed by atoms with Crippen LogP contribution in [0.1, 0.15) is 5.56 Å². The molecule has 0 fully saturated rings. The number of benzene rings is 1. The second kappa shape index (κ2) is 7.14. The molecule has 24 heavy (non-hydrogen) atoms. The van der Waals surface area contributed by atoms with E-state index < -0.39 is 0 Å². The van der Waals surface area contributed by atoms with Gasteiger partial charge in [0.05, 0.1) is 13.2 Å². The molecule has 0 saturated carbocycles. The fourth-order valence-corrected chi connectivity index (χ4v) is 2.39. The Hall–Kier alpha value is -2.87. The number of methoxy groups -OCH3 is 1. The molecule has 2 heterocycles. The largest absolute Gasteiger partial charge is 0.461 e. The third kappa shape index (κ3) is 3.23. The van der Waals surface area contributed by atoms with Gasteiger partial charge in [0, 0.05) is 14.2 Å². The minimum Gasteiger partial charge on any atom is -0.461 e. The van der Waals surface area contributed by atoms with Crippen LogP contribution in [-0.2, 0) is 11.3 Å². The van der Waals surface area contributed by atoms with Crippen LogP contribution in [0.5, 0.6) is 6.01 Å². The summed E-state index contributed by atoms with van der Waals surface area (Å²) in [5.41, 5.74) is 8.34. The zero-order valence-electron chi connectivity index (χ0n) is 13.7. The molecule has 3 N–H and O–H groups in total. The summed E-state index contributed by atoms with van der Waals surface area (Å²) in [6.45, 7) is 1.42. The average Bonchev–Trinajstić information content (AvgIpc) is 2.94. The topological polar surface area (TPSA) is 100 Å². The Kier molecular flexibility index (Phi) is 4.76. The van der Waals surface area contributed by atoms with Gasteiger partial charge in [0.2, 0.25) is 5.95 Å². The summed E-state index contributed by atoms with van der Waals surface area (Å²) in [7, 11) is 3.41. The molecular weight excluding hydrogens is 308 g/mol. The van der Waals surface area contributed by atoms with E-state index in [1.54, 1.807) is 7.11 Å². The molecule has 3 aromatic rings. The highest BCUT2D eigenvalue weighted by molar-refractivity contribution is 5.84. The van der Waals surface area contributed by atoms with Crippen LogP contribution in [-0.4, -0.2) is 46.9 Å². The standard InChI is InChI=1S/C16H20N6O2/c1-18-15-19-12-13(17)20-16(24-9-8-23-2)21-14(12)22(15)10-11-6-4-3-5-7-11/h3-7H,8-10H2,1-2H3,(H,18,19)(H2,17,20,21). The Morgan fingerprint density at radius 1 is 1.12 bits per heavy atom. The average molecular weight is 328 g/mol. The monoisotopic (exact) mass is 328 g/mol. The lowest BCUT2D eigenvalue weighted by Crippen LogP contribution is -2.09. The molecule has 0 radical (unpaired) electrons. The minimum absolute atomic E-state index is 0.217. The molecule has 0 spiro atoms. The summed E-state index contributed by atoms with van der Waals surface area (Å²) in [6.07, 6.45) is 0. The number of nitrogens with one attached hydrogen (secondary N) is 1. The van der Waals surface area contributed by atoms with Crippen molar-refractivity contribution in [2.75, 3.05) is 38.4 Å². The van der Waals surface area contributed by atoms with E-state index in [0.717, 1.165) is 5.56 Å². The first-order chi connectivity index (χ1) is 11.7. The van der Waals surface area contributed by atoms with E-state index in [1.807, 2.05) is 41.9 Å². The van der Waals surface area contributed by atoms with Crippen LogP contribution < -0.4 is 15.8 Å². The highest BCUT2D eigenvalue weighted by Gasteiger charge is 2.17. The van der Waals surface area contributed by atoms with Crippen molar-refractivity contribution in [3.63, 3.8) is 0 Å². The zero-order valence-corrected chi connectivity index (χ0v) is 13.7. The summed E-state index contributed by atoms with van der Waals surface area (Å²) in [5, 5.41) is 3.07. The van der Waals surface area contributed by atoms with Crippen LogP contribution in [0.15, 0.2) is 30.3 Å². The van der Waals surface area contributed by atoms with Crippen LogP contribution in [0.2, 0.25) is 0 Å². The lowest BCUT2D eigenvalue weighted by Gasteiger charge is -2.09. The smallest absolute Gasteiger partial charge is 0.320 e. The molecular formula is C16H20N6O2. The van der Waals surface area contributed by atoms with Crippen molar-refractivity contribution >= 4 is 22.9 Å². The van der Waals surface area contributed by atoms with Gasteiger partial charge in [-0.05, 0) is 5.56 Å². The fourth-order valence-electron chi connectivity index (χ4n) is 2.39. The molecule has 126 valence electrons. The van der Waals surface area contributed by atoms with Crippen molar-refractivity contribution in [3.8, 4) is 6.01 Å². The van der Waals surface area contributed by atoms with Crippen molar-refractivity contribution in [1.29, 1.82) is 0 Å². The Morgan fingerprint density at radius 3 is 2.62 bits per heavy atom. The zero-order chi connectivity index (χ0) is 16.9. The number of fused-ring (bicyclic) bond motifs is 1. The number of ether oxygens (including phenoxy) is 2. The van der Waals surface area contributed by atoms with E-state index in [9.17, 15) is 0 Å². The molecule has 0 aliphatic rings. The van der Waals surface area contributed by atoms with Gasteiger partial charge in [-0.1, -0.05) is 30.3 Å². The van der Waals surface area contributed by atoms with Crippen molar-refractivity contribution in [3.05, 3.63) is 35.9 Å². The number of nitrogen functional groups attached to an aromatic ring is 1. The predicted octanol–water partition coefficient (Wildman–Crippen LogP) is 1.52. The number of aromatic nitrogens is 4. The third-order valence-corrected chi connectivity index (χ3v) is 3.53.